The Labute approximate surface area is 117 Å². The molecule has 1 heterocycles. The summed E-state index contributed by atoms with van der Waals surface area (Å²) in [5.74, 6) is 0.679. The summed E-state index contributed by atoms with van der Waals surface area (Å²) in [5, 5.41) is 1.04. The summed E-state index contributed by atoms with van der Waals surface area (Å²) < 4.78 is 0. The number of para-hydroxylation sites is 1. The Bertz CT molecular complexity index is 739. The topological polar surface area (TPSA) is 55.0 Å². The molecule has 3 rings (SSSR count). The quantitative estimate of drug-likeness (QED) is 0.790. The van der Waals surface area contributed by atoms with Gasteiger partial charge in [-0.25, -0.2) is 9.97 Å². The fraction of sp³-hybridized carbons (Fsp3) is 0.125. The first-order valence-corrected chi connectivity index (χ1v) is 6.52. The molecule has 0 saturated carbocycles. The van der Waals surface area contributed by atoms with Crippen LogP contribution in [0, 0.1) is 0 Å². The van der Waals surface area contributed by atoms with Crippen LogP contribution in [-0.4, -0.2) is 17.0 Å². The van der Waals surface area contributed by atoms with E-state index in [0.29, 0.717) is 12.5 Å². The minimum Gasteiger partial charge on any atom is -0.326 e. The second-order valence-corrected chi connectivity index (χ2v) is 4.66. The third kappa shape index (κ3) is 2.33. The minimum atomic E-state index is 0.528. The van der Waals surface area contributed by atoms with Crippen LogP contribution in [0.1, 0.15) is 5.56 Å². The van der Waals surface area contributed by atoms with Crippen LogP contribution >= 0.6 is 0 Å². The molecule has 4 heteroatoms. The molecular formula is C16H16N4. The molecule has 4 nitrogen and oxygen atoms in total. The van der Waals surface area contributed by atoms with Gasteiger partial charge in [0.15, 0.2) is 0 Å². The van der Waals surface area contributed by atoms with Crippen LogP contribution in [0.4, 0.5) is 11.6 Å². The fourth-order valence-corrected chi connectivity index (χ4v) is 2.13. The molecule has 0 bridgehead atoms. The maximum absolute atomic E-state index is 5.68. The minimum absolute atomic E-state index is 0.528. The number of aromatic nitrogens is 2. The molecule has 0 fully saturated rings. The van der Waals surface area contributed by atoms with Crippen LogP contribution in [0.5, 0.6) is 0 Å². The summed E-state index contributed by atoms with van der Waals surface area (Å²) in [6.45, 7) is 0.528. The molecule has 20 heavy (non-hydrogen) atoms. The third-order valence-electron chi connectivity index (χ3n) is 3.31. The van der Waals surface area contributed by atoms with Gasteiger partial charge in [0.25, 0.3) is 0 Å². The number of benzene rings is 2. The number of fused-ring (bicyclic) bond motifs is 1. The molecule has 0 unspecified atom stereocenters. The average molecular weight is 264 g/mol. The van der Waals surface area contributed by atoms with Crippen LogP contribution in [-0.2, 0) is 6.54 Å². The van der Waals surface area contributed by atoms with Gasteiger partial charge >= 0.3 is 0 Å². The second kappa shape index (κ2) is 5.27. The zero-order valence-electron chi connectivity index (χ0n) is 11.3. The lowest BCUT2D eigenvalue weighted by Gasteiger charge is -2.18. The molecule has 0 aliphatic carbocycles. The summed E-state index contributed by atoms with van der Waals surface area (Å²) in [6, 6.07) is 16.1. The molecule has 1 aromatic heterocycles. The molecule has 0 saturated heterocycles. The number of anilines is 2. The predicted molar refractivity (Wildman–Crippen MR) is 81.9 cm³/mol. The van der Waals surface area contributed by atoms with E-state index < -0.39 is 0 Å². The summed E-state index contributed by atoms with van der Waals surface area (Å²) >= 11 is 0. The van der Waals surface area contributed by atoms with E-state index in [9.17, 15) is 0 Å². The number of rotatable bonds is 3. The predicted octanol–water partition coefficient (Wildman–Crippen LogP) is 2.86. The largest absolute Gasteiger partial charge is 0.326 e. The Morgan fingerprint density at radius 1 is 1.10 bits per heavy atom. The van der Waals surface area contributed by atoms with E-state index in [4.69, 9.17) is 5.73 Å². The first-order valence-electron chi connectivity index (χ1n) is 6.52. The number of hydrogen-bond donors (Lipinski definition) is 1. The van der Waals surface area contributed by atoms with Gasteiger partial charge < -0.3 is 10.6 Å². The van der Waals surface area contributed by atoms with E-state index in [0.717, 1.165) is 22.2 Å². The molecular weight excluding hydrogens is 248 g/mol. The van der Waals surface area contributed by atoms with Gasteiger partial charge in [-0.1, -0.05) is 30.3 Å². The number of hydrogen-bond acceptors (Lipinski definition) is 4. The van der Waals surface area contributed by atoms with Crippen LogP contribution in [0.15, 0.2) is 54.7 Å². The van der Waals surface area contributed by atoms with Gasteiger partial charge in [0.2, 0.25) is 5.95 Å². The Hall–Kier alpha value is -2.46. The van der Waals surface area contributed by atoms with Gasteiger partial charge in [-0.2, -0.15) is 0 Å². The summed E-state index contributed by atoms with van der Waals surface area (Å²) in [4.78, 5) is 11.0. The molecule has 0 aliphatic rings. The van der Waals surface area contributed by atoms with Gasteiger partial charge in [-0.05, 0) is 23.8 Å². The maximum Gasteiger partial charge on any atom is 0.230 e. The molecule has 0 spiro atoms. The van der Waals surface area contributed by atoms with Crippen molar-refractivity contribution in [2.75, 3.05) is 11.9 Å². The Morgan fingerprint density at radius 2 is 1.95 bits per heavy atom. The molecule has 2 aromatic carbocycles. The van der Waals surface area contributed by atoms with Crippen molar-refractivity contribution < 1.29 is 0 Å². The highest BCUT2D eigenvalue weighted by molar-refractivity contribution is 5.79. The Balaban J connectivity index is 2.00. The van der Waals surface area contributed by atoms with E-state index in [-0.39, 0.29) is 0 Å². The Kier molecular flexibility index (Phi) is 3.31. The first kappa shape index (κ1) is 12.6. The zero-order chi connectivity index (χ0) is 13.9. The fourth-order valence-electron chi connectivity index (χ4n) is 2.13. The van der Waals surface area contributed by atoms with Crippen molar-refractivity contribution in [1.29, 1.82) is 0 Å². The van der Waals surface area contributed by atoms with Crippen molar-refractivity contribution in [2.45, 2.75) is 6.54 Å². The monoisotopic (exact) mass is 264 g/mol. The molecule has 0 radical (unpaired) electrons. The van der Waals surface area contributed by atoms with Crippen LogP contribution < -0.4 is 10.6 Å². The summed E-state index contributed by atoms with van der Waals surface area (Å²) in [6.07, 6.45) is 1.85. The smallest absolute Gasteiger partial charge is 0.230 e. The van der Waals surface area contributed by atoms with Crippen molar-refractivity contribution in [1.82, 2.24) is 9.97 Å². The maximum atomic E-state index is 5.68. The van der Waals surface area contributed by atoms with E-state index in [1.54, 1.807) is 0 Å². The van der Waals surface area contributed by atoms with Gasteiger partial charge in [-0.15, -0.1) is 0 Å². The van der Waals surface area contributed by atoms with Crippen LogP contribution in [0.3, 0.4) is 0 Å². The van der Waals surface area contributed by atoms with Gasteiger partial charge in [0.05, 0.1) is 5.52 Å². The molecule has 0 amide bonds. The molecule has 3 aromatic rings. The summed E-state index contributed by atoms with van der Waals surface area (Å²) in [5.41, 5.74) is 8.75. The Morgan fingerprint density at radius 3 is 2.80 bits per heavy atom. The van der Waals surface area contributed by atoms with E-state index >= 15 is 0 Å². The SMILES string of the molecule is CN(c1cccc(CN)c1)c1ncc2ccccc2n1. The molecule has 0 aliphatic heterocycles. The van der Waals surface area contributed by atoms with Crippen LogP contribution in [0.25, 0.3) is 10.9 Å². The lowest BCUT2D eigenvalue weighted by Crippen LogP contribution is -2.13. The zero-order valence-corrected chi connectivity index (χ0v) is 11.3. The molecule has 2 N–H and O–H groups in total. The average Bonchev–Trinajstić information content (AvgIpc) is 2.53. The first-order chi connectivity index (χ1) is 9.78. The van der Waals surface area contributed by atoms with Crippen molar-refractivity contribution in [3.63, 3.8) is 0 Å². The van der Waals surface area contributed by atoms with Gasteiger partial charge in [-0.3, -0.25) is 0 Å². The van der Waals surface area contributed by atoms with Crippen molar-refractivity contribution >= 4 is 22.5 Å². The molecule has 0 atom stereocenters. The van der Waals surface area contributed by atoms with Gasteiger partial charge in [0.1, 0.15) is 0 Å². The van der Waals surface area contributed by atoms with Crippen molar-refractivity contribution in [2.24, 2.45) is 5.73 Å². The van der Waals surface area contributed by atoms with E-state index in [1.165, 1.54) is 0 Å². The number of nitrogens with zero attached hydrogens (tertiary/aromatic N) is 3. The lowest BCUT2D eigenvalue weighted by atomic mass is 10.2. The molecule has 100 valence electrons. The van der Waals surface area contributed by atoms with Crippen LogP contribution in [0.2, 0.25) is 0 Å². The standard InChI is InChI=1S/C16H16N4/c1-20(14-7-4-5-12(9-14)10-17)16-18-11-13-6-2-3-8-15(13)19-16/h2-9,11H,10,17H2,1H3. The van der Waals surface area contributed by atoms with E-state index in [1.807, 2.05) is 60.6 Å². The highest BCUT2D eigenvalue weighted by atomic mass is 15.2. The number of nitrogens with two attached hydrogens (primary N) is 1. The van der Waals surface area contributed by atoms with Crippen molar-refractivity contribution in [3.8, 4) is 0 Å². The van der Waals surface area contributed by atoms with E-state index in [2.05, 4.69) is 16.0 Å². The second-order valence-electron chi connectivity index (χ2n) is 4.66. The summed E-state index contributed by atoms with van der Waals surface area (Å²) in [7, 11) is 1.96. The van der Waals surface area contributed by atoms with Gasteiger partial charge in [0, 0.05) is 30.9 Å². The normalized spacial score (nSPS) is 10.7. The lowest BCUT2D eigenvalue weighted by molar-refractivity contribution is 1.04. The third-order valence-corrected chi connectivity index (χ3v) is 3.31. The highest BCUT2D eigenvalue weighted by Gasteiger charge is 2.08. The van der Waals surface area contributed by atoms with Crippen molar-refractivity contribution in [3.05, 3.63) is 60.3 Å². The highest BCUT2D eigenvalue weighted by Crippen LogP contribution is 2.22.